The zero-order chi connectivity index (χ0) is 13.1. The Labute approximate surface area is 103 Å². The smallest absolute Gasteiger partial charge is 0.507 e. The number of phenols is 1. The third kappa shape index (κ3) is 4.26. The van der Waals surface area contributed by atoms with Gasteiger partial charge in [-0.05, 0) is 18.2 Å². The minimum Gasteiger partial charge on any atom is -0.507 e. The molecule has 1 aromatic rings. The van der Waals surface area contributed by atoms with Crippen molar-refractivity contribution in [2.24, 2.45) is 0 Å². The molecule has 0 bridgehead atoms. The summed E-state index contributed by atoms with van der Waals surface area (Å²) in [4.78, 5) is 11.5. The molecule has 0 saturated heterocycles. The van der Waals surface area contributed by atoms with Gasteiger partial charge in [0.25, 0.3) is 0 Å². The van der Waals surface area contributed by atoms with Gasteiger partial charge >= 0.3 is 6.36 Å². The minimum absolute atomic E-state index is 0.0725. The summed E-state index contributed by atoms with van der Waals surface area (Å²) in [6.07, 6.45) is -4.75. The number of phenolic OH excluding ortho intramolecular Hbond substituents is 1. The van der Waals surface area contributed by atoms with Crippen LogP contribution >= 0.6 is 15.9 Å². The number of ketones is 1. The second-order valence-electron chi connectivity index (χ2n) is 3.09. The van der Waals surface area contributed by atoms with Gasteiger partial charge in [0, 0.05) is 11.8 Å². The summed E-state index contributed by atoms with van der Waals surface area (Å²) in [5.41, 5.74) is -0.189. The van der Waals surface area contributed by atoms with E-state index in [2.05, 4.69) is 20.7 Å². The fraction of sp³-hybridized carbons (Fsp3) is 0.300. The monoisotopic (exact) mass is 312 g/mol. The van der Waals surface area contributed by atoms with Gasteiger partial charge in [0.05, 0.1) is 5.56 Å². The number of ether oxygens (including phenoxy) is 1. The Hall–Kier alpha value is -1.24. The zero-order valence-electron chi connectivity index (χ0n) is 8.42. The van der Waals surface area contributed by atoms with Crippen LogP contribution in [0.1, 0.15) is 16.8 Å². The van der Waals surface area contributed by atoms with Gasteiger partial charge in [0.15, 0.2) is 5.78 Å². The van der Waals surface area contributed by atoms with Crippen LogP contribution in [0.4, 0.5) is 13.2 Å². The number of aromatic hydroxyl groups is 1. The highest BCUT2D eigenvalue weighted by Gasteiger charge is 2.31. The van der Waals surface area contributed by atoms with Crippen LogP contribution in [0.25, 0.3) is 0 Å². The van der Waals surface area contributed by atoms with E-state index in [0.29, 0.717) is 5.33 Å². The van der Waals surface area contributed by atoms with Crippen LogP contribution in [-0.2, 0) is 0 Å². The summed E-state index contributed by atoms with van der Waals surface area (Å²) < 4.78 is 39.5. The molecule has 0 aromatic heterocycles. The molecule has 0 atom stereocenters. The average molecular weight is 313 g/mol. The number of hydrogen-bond acceptors (Lipinski definition) is 3. The van der Waals surface area contributed by atoms with E-state index in [0.717, 1.165) is 18.2 Å². The van der Waals surface area contributed by atoms with Crippen LogP contribution in [-0.4, -0.2) is 22.6 Å². The Balaban J connectivity index is 2.98. The first-order valence-electron chi connectivity index (χ1n) is 4.51. The molecule has 0 aliphatic carbocycles. The van der Waals surface area contributed by atoms with Crippen molar-refractivity contribution in [2.45, 2.75) is 12.8 Å². The third-order valence-electron chi connectivity index (χ3n) is 1.82. The van der Waals surface area contributed by atoms with Crippen LogP contribution in [0.3, 0.4) is 0 Å². The van der Waals surface area contributed by atoms with Crippen molar-refractivity contribution < 1.29 is 27.8 Å². The summed E-state index contributed by atoms with van der Waals surface area (Å²) in [6.45, 7) is 0. The lowest BCUT2D eigenvalue weighted by Gasteiger charge is -2.10. The molecule has 0 spiro atoms. The number of halogens is 4. The zero-order valence-corrected chi connectivity index (χ0v) is 10.0. The first-order valence-corrected chi connectivity index (χ1v) is 5.63. The fourth-order valence-electron chi connectivity index (χ4n) is 1.16. The van der Waals surface area contributed by atoms with E-state index in [1.54, 1.807) is 0 Å². The number of carbonyl (C=O) groups excluding carboxylic acids is 1. The van der Waals surface area contributed by atoms with Gasteiger partial charge in [0.2, 0.25) is 0 Å². The van der Waals surface area contributed by atoms with Crippen LogP contribution in [0, 0.1) is 0 Å². The van der Waals surface area contributed by atoms with Gasteiger partial charge in [-0.3, -0.25) is 4.79 Å². The standard InChI is InChI=1S/C10H8BrF3O3/c11-4-3-9(16)7-5-6(1-2-8(7)15)17-10(12,13)14/h1-2,5,15H,3-4H2. The number of Topliss-reactive ketones (excluding diaryl/α,β-unsaturated/α-hetero) is 1. The van der Waals surface area contributed by atoms with E-state index in [1.165, 1.54) is 0 Å². The lowest BCUT2D eigenvalue weighted by molar-refractivity contribution is -0.274. The maximum absolute atomic E-state index is 11.9. The van der Waals surface area contributed by atoms with E-state index in [1.807, 2.05) is 0 Å². The highest BCUT2D eigenvalue weighted by Crippen LogP contribution is 2.28. The Kier molecular flexibility index (Phi) is 4.39. The van der Waals surface area contributed by atoms with E-state index in [4.69, 9.17) is 0 Å². The number of hydrogen-bond donors (Lipinski definition) is 1. The molecule has 0 unspecified atom stereocenters. The molecule has 0 heterocycles. The van der Waals surface area contributed by atoms with Crippen LogP contribution in [0.15, 0.2) is 18.2 Å². The first kappa shape index (κ1) is 13.8. The maximum atomic E-state index is 11.9. The Morgan fingerprint density at radius 3 is 2.59 bits per heavy atom. The van der Waals surface area contributed by atoms with Crippen molar-refractivity contribution in [3.05, 3.63) is 23.8 Å². The van der Waals surface area contributed by atoms with Gasteiger partial charge in [-0.2, -0.15) is 0 Å². The van der Waals surface area contributed by atoms with Crippen molar-refractivity contribution in [2.75, 3.05) is 5.33 Å². The largest absolute Gasteiger partial charge is 0.573 e. The Bertz CT molecular complexity index is 418. The summed E-state index contributed by atoms with van der Waals surface area (Å²) >= 11 is 3.03. The summed E-state index contributed by atoms with van der Waals surface area (Å²) in [5, 5.41) is 9.71. The predicted octanol–water partition coefficient (Wildman–Crippen LogP) is 3.26. The van der Waals surface area contributed by atoms with Crippen molar-refractivity contribution in [1.29, 1.82) is 0 Å². The lowest BCUT2D eigenvalue weighted by atomic mass is 10.1. The number of benzene rings is 1. The lowest BCUT2D eigenvalue weighted by Crippen LogP contribution is -2.17. The summed E-state index contributed by atoms with van der Waals surface area (Å²) in [5.74, 6) is -1.37. The Morgan fingerprint density at radius 1 is 1.41 bits per heavy atom. The Morgan fingerprint density at radius 2 is 2.06 bits per heavy atom. The molecule has 0 fully saturated rings. The molecule has 0 radical (unpaired) electrons. The van der Waals surface area contributed by atoms with Gasteiger partial charge in [-0.25, -0.2) is 0 Å². The molecular formula is C10H8BrF3O3. The van der Waals surface area contributed by atoms with Crippen LogP contribution in [0.5, 0.6) is 11.5 Å². The average Bonchev–Trinajstić information content (AvgIpc) is 2.19. The van der Waals surface area contributed by atoms with Crippen LogP contribution in [0.2, 0.25) is 0 Å². The molecule has 0 amide bonds. The van der Waals surface area contributed by atoms with Gasteiger partial charge < -0.3 is 9.84 Å². The molecule has 0 aliphatic heterocycles. The second-order valence-corrected chi connectivity index (χ2v) is 3.88. The highest BCUT2D eigenvalue weighted by atomic mass is 79.9. The maximum Gasteiger partial charge on any atom is 0.573 e. The topological polar surface area (TPSA) is 46.5 Å². The second kappa shape index (κ2) is 5.39. The predicted molar refractivity (Wildman–Crippen MR) is 57.5 cm³/mol. The molecular weight excluding hydrogens is 305 g/mol. The van der Waals surface area contributed by atoms with Gasteiger partial charge in [-0.15, -0.1) is 13.2 Å². The van der Waals surface area contributed by atoms with E-state index < -0.39 is 17.9 Å². The summed E-state index contributed by atoms with van der Waals surface area (Å²) in [6, 6.07) is 2.80. The molecule has 1 aromatic carbocycles. The quantitative estimate of drug-likeness (QED) is 0.685. The van der Waals surface area contributed by atoms with Crippen LogP contribution < -0.4 is 4.74 Å². The molecule has 3 nitrogen and oxygen atoms in total. The number of alkyl halides is 4. The third-order valence-corrected chi connectivity index (χ3v) is 2.22. The molecule has 7 heteroatoms. The molecule has 1 rings (SSSR count). The normalized spacial score (nSPS) is 11.3. The highest BCUT2D eigenvalue weighted by molar-refractivity contribution is 9.09. The number of carbonyl (C=O) groups is 1. The fourth-order valence-corrected chi connectivity index (χ4v) is 1.52. The molecule has 1 N–H and O–H groups in total. The van der Waals surface area contributed by atoms with Crippen molar-refractivity contribution >= 4 is 21.7 Å². The molecule has 0 aliphatic rings. The van der Waals surface area contributed by atoms with E-state index in [9.17, 15) is 23.1 Å². The SMILES string of the molecule is O=C(CCBr)c1cc(OC(F)(F)F)ccc1O. The molecule has 0 saturated carbocycles. The van der Waals surface area contributed by atoms with Crippen molar-refractivity contribution in [3.63, 3.8) is 0 Å². The van der Waals surface area contributed by atoms with Crippen molar-refractivity contribution in [3.8, 4) is 11.5 Å². The number of rotatable bonds is 4. The summed E-state index contributed by atoms with van der Waals surface area (Å²) in [7, 11) is 0. The molecule has 17 heavy (non-hydrogen) atoms. The van der Waals surface area contributed by atoms with Gasteiger partial charge in [-0.1, -0.05) is 15.9 Å². The van der Waals surface area contributed by atoms with Gasteiger partial charge in [0.1, 0.15) is 11.5 Å². The minimum atomic E-state index is -4.83. The van der Waals surface area contributed by atoms with E-state index >= 15 is 0 Å². The van der Waals surface area contributed by atoms with E-state index in [-0.39, 0.29) is 17.7 Å². The van der Waals surface area contributed by atoms with Crippen molar-refractivity contribution in [1.82, 2.24) is 0 Å². The first-order chi connectivity index (χ1) is 7.83. The molecule has 94 valence electrons.